The fourth-order valence-corrected chi connectivity index (χ4v) is 4.13. The van der Waals surface area contributed by atoms with Gasteiger partial charge in [-0.25, -0.2) is 10.5 Å². The van der Waals surface area contributed by atoms with E-state index in [1.54, 1.807) is 0 Å². The van der Waals surface area contributed by atoms with Gasteiger partial charge in [-0.05, 0) is 64.3 Å². The van der Waals surface area contributed by atoms with Crippen LogP contribution in [0.2, 0.25) is 0 Å². The quantitative estimate of drug-likeness (QED) is 0.186. The highest BCUT2D eigenvalue weighted by Crippen LogP contribution is 2.18. The van der Waals surface area contributed by atoms with Crippen molar-refractivity contribution in [1.29, 1.82) is 0 Å². The zero-order valence-electron chi connectivity index (χ0n) is 22.5. The molecule has 1 amide bonds. The molecular weight excluding hydrogens is 468 g/mol. The van der Waals surface area contributed by atoms with Crippen LogP contribution in [0.15, 0.2) is 54.6 Å². The first-order valence-electron chi connectivity index (χ1n) is 13.1. The van der Waals surface area contributed by atoms with Gasteiger partial charge in [-0.3, -0.25) is 14.4 Å². The summed E-state index contributed by atoms with van der Waals surface area (Å²) in [5.41, 5.74) is 5.13. The molecule has 2 aromatic carbocycles. The van der Waals surface area contributed by atoms with E-state index in [9.17, 15) is 9.59 Å². The molecule has 0 saturated heterocycles. The monoisotopic (exact) mass is 508 g/mol. The molecule has 8 nitrogen and oxygen atoms in total. The molecule has 3 rings (SSSR count). The second-order valence-corrected chi connectivity index (χ2v) is 10.1. The third kappa shape index (κ3) is 9.30. The Bertz CT molecular complexity index is 1140. The van der Waals surface area contributed by atoms with Crippen LogP contribution >= 0.6 is 0 Å². The highest BCUT2D eigenvalue weighted by Gasteiger charge is 2.21. The van der Waals surface area contributed by atoms with E-state index in [1.807, 2.05) is 69.3 Å². The fraction of sp³-hybridized carbons (Fsp3) is 0.483. The lowest BCUT2D eigenvalue weighted by Crippen LogP contribution is -2.45. The largest absolute Gasteiger partial charge is 0.460 e. The van der Waals surface area contributed by atoms with E-state index < -0.39 is 11.6 Å². The molecule has 0 bridgehead atoms. The number of aryl methyl sites for hydroxylation is 2. The summed E-state index contributed by atoms with van der Waals surface area (Å²) in [6.45, 7) is 9.35. The average molecular weight is 509 g/mol. The van der Waals surface area contributed by atoms with Crippen molar-refractivity contribution in [1.82, 2.24) is 20.3 Å². The first-order valence-corrected chi connectivity index (χ1v) is 13.1. The standard InChI is InChI=1S/C29H40N4O4/c1-5-20-33-25-15-10-9-14-23(25)31-26(33)18-17-24(30-19-11-16-27(34)37-29(2,3)4)28(35)32-36-21-22-12-7-6-8-13-22/h6-10,12-15,24,30H,5,11,16-21H2,1-4H3,(H,32,35)/t24-/m0/s1. The summed E-state index contributed by atoms with van der Waals surface area (Å²) in [4.78, 5) is 35.4. The molecule has 0 aliphatic heterocycles. The number of aromatic nitrogens is 2. The van der Waals surface area contributed by atoms with Crippen LogP contribution in [-0.2, 0) is 38.7 Å². The molecule has 0 aliphatic carbocycles. The van der Waals surface area contributed by atoms with Crippen molar-refractivity contribution >= 4 is 22.9 Å². The Morgan fingerprint density at radius 1 is 1.05 bits per heavy atom. The number of nitrogens with one attached hydrogen (secondary N) is 2. The molecule has 3 aromatic rings. The van der Waals surface area contributed by atoms with E-state index in [0.29, 0.717) is 25.8 Å². The topological polar surface area (TPSA) is 94.5 Å². The van der Waals surface area contributed by atoms with Gasteiger partial charge in [0, 0.05) is 19.4 Å². The van der Waals surface area contributed by atoms with Gasteiger partial charge in [0.2, 0.25) is 0 Å². The molecule has 1 heterocycles. The minimum absolute atomic E-state index is 0.241. The number of benzene rings is 2. The van der Waals surface area contributed by atoms with Crippen molar-refractivity contribution in [3.63, 3.8) is 0 Å². The van der Waals surface area contributed by atoms with Crippen LogP contribution in [0.4, 0.5) is 0 Å². The van der Waals surface area contributed by atoms with Gasteiger partial charge in [0.15, 0.2) is 0 Å². The van der Waals surface area contributed by atoms with Crippen LogP contribution in [-0.4, -0.2) is 39.6 Å². The van der Waals surface area contributed by atoms with Crippen LogP contribution in [0.1, 0.15) is 64.8 Å². The van der Waals surface area contributed by atoms with Gasteiger partial charge in [-0.15, -0.1) is 0 Å². The van der Waals surface area contributed by atoms with Gasteiger partial charge in [0.05, 0.1) is 23.7 Å². The number of nitrogens with zero attached hydrogens (tertiary/aromatic N) is 2. The van der Waals surface area contributed by atoms with Crippen molar-refractivity contribution in [2.24, 2.45) is 0 Å². The molecule has 0 fully saturated rings. The number of rotatable bonds is 14. The highest BCUT2D eigenvalue weighted by molar-refractivity contribution is 5.81. The number of hydrogen-bond donors (Lipinski definition) is 2. The molecular formula is C29H40N4O4. The third-order valence-electron chi connectivity index (χ3n) is 5.78. The second-order valence-electron chi connectivity index (χ2n) is 10.1. The fourth-order valence-electron chi connectivity index (χ4n) is 4.13. The number of carbonyl (C=O) groups is 2. The van der Waals surface area contributed by atoms with Crippen LogP contribution < -0.4 is 10.8 Å². The molecule has 0 spiro atoms. The lowest BCUT2D eigenvalue weighted by Gasteiger charge is -2.20. The Kier molecular flexibility index (Phi) is 10.7. The summed E-state index contributed by atoms with van der Waals surface area (Å²) in [6, 6.07) is 17.3. The van der Waals surface area contributed by atoms with Crippen molar-refractivity contribution in [3.8, 4) is 0 Å². The van der Waals surface area contributed by atoms with Crippen molar-refractivity contribution in [2.45, 2.75) is 84.6 Å². The maximum absolute atomic E-state index is 13.0. The smallest absolute Gasteiger partial charge is 0.306 e. The van der Waals surface area contributed by atoms with E-state index in [4.69, 9.17) is 14.6 Å². The number of imidazole rings is 1. The van der Waals surface area contributed by atoms with E-state index in [2.05, 4.69) is 28.4 Å². The summed E-state index contributed by atoms with van der Waals surface area (Å²) in [5, 5.41) is 3.31. The van der Waals surface area contributed by atoms with Gasteiger partial charge in [0.1, 0.15) is 11.4 Å². The molecule has 0 unspecified atom stereocenters. The molecule has 0 aliphatic rings. The Labute approximate surface area is 219 Å². The number of ether oxygens (including phenoxy) is 1. The van der Waals surface area contributed by atoms with Crippen LogP contribution in [0.3, 0.4) is 0 Å². The minimum atomic E-state index is -0.507. The predicted octanol–water partition coefficient (Wildman–Crippen LogP) is 4.71. The summed E-state index contributed by atoms with van der Waals surface area (Å²) < 4.78 is 7.62. The summed E-state index contributed by atoms with van der Waals surface area (Å²) >= 11 is 0. The SMILES string of the molecule is CCCn1c(CC[C@H](NCCCC(=O)OC(C)(C)C)C(=O)NOCc2ccccc2)nc2ccccc21. The van der Waals surface area contributed by atoms with E-state index in [0.717, 1.165) is 35.4 Å². The van der Waals surface area contributed by atoms with E-state index in [1.165, 1.54) is 0 Å². The van der Waals surface area contributed by atoms with Gasteiger partial charge in [-0.2, -0.15) is 0 Å². The number of hydrogen-bond acceptors (Lipinski definition) is 6. The number of esters is 1. The van der Waals surface area contributed by atoms with Crippen molar-refractivity contribution in [2.75, 3.05) is 6.54 Å². The van der Waals surface area contributed by atoms with Crippen molar-refractivity contribution < 1.29 is 19.2 Å². The zero-order valence-corrected chi connectivity index (χ0v) is 22.5. The van der Waals surface area contributed by atoms with Gasteiger partial charge < -0.3 is 14.6 Å². The Morgan fingerprint density at radius 2 is 1.78 bits per heavy atom. The van der Waals surface area contributed by atoms with Gasteiger partial charge in [-0.1, -0.05) is 49.4 Å². The van der Waals surface area contributed by atoms with Crippen LogP contribution in [0.5, 0.6) is 0 Å². The molecule has 37 heavy (non-hydrogen) atoms. The number of fused-ring (bicyclic) bond motifs is 1. The Hall–Kier alpha value is -3.23. The van der Waals surface area contributed by atoms with Crippen molar-refractivity contribution in [3.05, 3.63) is 66.0 Å². The highest BCUT2D eigenvalue weighted by atomic mass is 16.6. The van der Waals surface area contributed by atoms with E-state index >= 15 is 0 Å². The average Bonchev–Trinajstić information content (AvgIpc) is 3.20. The summed E-state index contributed by atoms with van der Waals surface area (Å²) in [5.74, 6) is 0.475. The molecule has 8 heteroatoms. The Balaban J connectivity index is 1.61. The molecule has 1 aromatic heterocycles. The Morgan fingerprint density at radius 3 is 2.51 bits per heavy atom. The molecule has 2 N–H and O–H groups in total. The summed E-state index contributed by atoms with van der Waals surface area (Å²) in [6.07, 6.45) is 3.02. The molecule has 0 radical (unpaired) electrons. The number of amides is 1. The van der Waals surface area contributed by atoms with Crippen LogP contribution in [0.25, 0.3) is 11.0 Å². The predicted molar refractivity (Wildman–Crippen MR) is 145 cm³/mol. The number of carbonyl (C=O) groups excluding carboxylic acids is 2. The normalized spacial score (nSPS) is 12.4. The number of para-hydroxylation sites is 2. The maximum atomic E-state index is 13.0. The van der Waals surface area contributed by atoms with E-state index in [-0.39, 0.29) is 24.9 Å². The summed E-state index contributed by atoms with van der Waals surface area (Å²) in [7, 11) is 0. The third-order valence-corrected chi connectivity index (χ3v) is 5.78. The molecule has 1 atom stereocenters. The molecule has 200 valence electrons. The lowest BCUT2D eigenvalue weighted by molar-refractivity contribution is -0.154. The lowest BCUT2D eigenvalue weighted by atomic mass is 10.1. The van der Waals surface area contributed by atoms with Gasteiger partial charge in [0.25, 0.3) is 5.91 Å². The second kappa shape index (κ2) is 13.9. The van der Waals surface area contributed by atoms with Crippen LogP contribution in [0, 0.1) is 0 Å². The number of hydroxylamine groups is 1. The minimum Gasteiger partial charge on any atom is -0.460 e. The first-order chi connectivity index (χ1) is 17.8. The maximum Gasteiger partial charge on any atom is 0.306 e. The van der Waals surface area contributed by atoms with Gasteiger partial charge >= 0.3 is 5.97 Å². The molecule has 0 saturated carbocycles. The zero-order chi connectivity index (χ0) is 26.7. The first kappa shape index (κ1) is 28.3.